The van der Waals surface area contributed by atoms with E-state index in [-0.39, 0.29) is 23.9 Å². The number of rotatable bonds is 2. The van der Waals surface area contributed by atoms with Gasteiger partial charge < -0.3 is 9.80 Å². The number of carbonyl (C=O) groups is 2. The monoisotopic (exact) mass is 313 g/mol. The zero-order valence-corrected chi connectivity index (χ0v) is 12.7. The Bertz CT molecular complexity index is 701. The molecule has 2 amide bonds. The van der Waals surface area contributed by atoms with E-state index in [1.54, 1.807) is 12.4 Å². The van der Waals surface area contributed by atoms with Crippen LogP contribution in [0.15, 0.2) is 41.4 Å². The van der Waals surface area contributed by atoms with E-state index in [0.717, 1.165) is 17.7 Å². The summed E-state index contributed by atoms with van der Waals surface area (Å²) in [6.07, 6.45) is 4.63. The Morgan fingerprint density at radius 1 is 1.32 bits per heavy atom. The maximum Gasteiger partial charge on any atom is 0.255 e. The molecule has 2 aromatic rings. The van der Waals surface area contributed by atoms with Crippen LogP contribution in [-0.2, 0) is 4.79 Å². The van der Waals surface area contributed by atoms with Gasteiger partial charge in [0.25, 0.3) is 5.91 Å². The third-order valence-corrected chi connectivity index (χ3v) is 5.13. The highest BCUT2D eigenvalue weighted by atomic mass is 32.1. The Hall–Kier alpha value is -2.21. The van der Waals surface area contributed by atoms with Gasteiger partial charge >= 0.3 is 0 Å². The number of pyridine rings is 1. The molecule has 2 fully saturated rings. The minimum absolute atomic E-state index is 0.0277. The van der Waals surface area contributed by atoms with Crippen molar-refractivity contribution in [3.05, 3.63) is 46.9 Å². The topological polar surface area (TPSA) is 53.5 Å². The van der Waals surface area contributed by atoms with Crippen LogP contribution in [0.4, 0.5) is 5.69 Å². The molecular weight excluding hydrogens is 298 g/mol. The second kappa shape index (κ2) is 5.21. The van der Waals surface area contributed by atoms with Crippen molar-refractivity contribution >= 4 is 28.8 Å². The van der Waals surface area contributed by atoms with E-state index in [9.17, 15) is 9.59 Å². The standard InChI is InChI=1S/C16H15N3O2S/c20-15-8-14-13(19(15)12-2-1-5-17-9-12)3-6-18(14)16(21)11-4-7-22-10-11/h1-2,4-5,7,9-10,13-14H,3,6,8H2/t13-,14+/m1/s1. The summed E-state index contributed by atoms with van der Waals surface area (Å²) in [5.74, 6) is 0.111. The molecule has 112 valence electrons. The Morgan fingerprint density at radius 3 is 2.95 bits per heavy atom. The maximum absolute atomic E-state index is 12.6. The van der Waals surface area contributed by atoms with Crippen LogP contribution >= 0.6 is 11.3 Å². The fourth-order valence-corrected chi connectivity index (χ4v) is 4.11. The number of hydrogen-bond donors (Lipinski definition) is 0. The molecule has 0 aliphatic carbocycles. The Kier molecular flexibility index (Phi) is 3.18. The molecule has 0 radical (unpaired) electrons. The molecular formula is C16H15N3O2S. The summed E-state index contributed by atoms with van der Waals surface area (Å²) in [7, 11) is 0. The number of fused-ring (bicyclic) bond motifs is 1. The Labute approximate surface area is 132 Å². The molecule has 0 aromatic carbocycles. The van der Waals surface area contributed by atoms with E-state index in [1.807, 2.05) is 38.8 Å². The molecule has 2 atom stereocenters. The smallest absolute Gasteiger partial charge is 0.255 e. The summed E-state index contributed by atoms with van der Waals surface area (Å²) in [5.41, 5.74) is 1.54. The minimum atomic E-state index is -0.0277. The van der Waals surface area contributed by atoms with Gasteiger partial charge in [-0.3, -0.25) is 14.6 Å². The van der Waals surface area contributed by atoms with Crippen LogP contribution in [0.3, 0.4) is 0 Å². The van der Waals surface area contributed by atoms with Crippen molar-refractivity contribution in [1.29, 1.82) is 0 Å². The van der Waals surface area contributed by atoms with Crippen LogP contribution in [0.1, 0.15) is 23.2 Å². The van der Waals surface area contributed by atoms with Gasteiger partial charge in [-0.2, -0.15) is 11.3 Å². The van der Waals surface area contributed by atoms with Gasteiger partial charge in [0.1, 0.15) is 0 Å². The zero-order valence-electron chi connectivity index (χ0n) is 11.9. The highest BCUT2D eigenvalue weighted by Crippen LogP contribution is 2.36. The first-order chi connectivity index (χ1) is 10.8. The molecule has 0 spiro atoms. The van der Waals surface area contributed by atoms with Crippen molar-refractivity contribution in [3.8, 4) is 0 Å². The van der Waals surface area contributed by atoms with Crippen LogP contribution in [0.25, 0.3) is 0 Å². The van der Waals surface area contributed by atoms with Crippen molar-refractivity contribution in [2.45, 2.75) is 24.9 Å². The van der Waals surface area contributed by atoms with Crippen LogP contribution in [0, 0.1) is 0 Å². The number of likely N-dealkylation sites (tertiary alicyclic amines) is 1. The lowest BCUT2D eigenvalue weighted by atomic mass is 10.1. The van der Waals surface area contributed by atoms with Crippen LogP contribution < -0.4 is 4.90 Å². The molecule has 0 unspecified atom stereocenters. The number of hydrogen-bond acceptors (Lipinski definition) is 4. The highest BCUT2D eigenvalue weighted by molar-refractivity contribution is 7.08. The van der Waals surface area contributed by atoms with Crippen molar-refractivity contribution in [2.24, 2.45) is 0 Å². The van der Waals surface area contributed by atoms with Gasteiger partial charge in [0.05, 0.1) is 29.5 Å². The van der Waals surface area contributed by atoms with Crippen molar-refractivity contribution in [2.75, 3.05) is 11.4 Å². The minimum Gasteiger partial charge on any atom is -0.333 e. The van der Waals surface area contributed by atoms with Gasteiger partial charge in [-0.15, -0.1) is 0 Å². The lowest BCUT2D eigenvalue weighted by Gasteiger charge is -2.25. The van der Waals surface area contributed by atoms with Gasteiger partial charge in [-0.1, -0.05) is 0 Å². The van der Waals surface area contributed by atoms with Gasteiger partial charge in [0.15, 0.2) is 0 Å². The number of thiophene rings is 1. The molecule has 2 saturated heterocycles. The van der Waals surface area contributed by atoms with Gasteiger partial charge in [-0.05, 0) is 30.0 Å². The quantitative estimate of drug-likeness (QED) is 0.854. The van der Waals surface area contributed by atoms with Crippen LogP contribution in [0.5, 0.6) is 0 Å². The van der Waals surface area contributed by atoms with E-state index >= 15 is 0 Å². The number of nitrogens with zero attached hydrogens (tertiary/aromatic N) is 3. The van der Waals surface area contributed by atoms with E-state index in [2.05, 4.69) is 4.98 Å². The number of anilines is 1. The number of amides is 2. The molecule has 0 bridgehead atoms. The molecule has 4 heterocycles. The average Bonchev–Trinajstić information content (AvgIpc) is 3.23. The molecule has 22 heavy (non-hydrogen) atoms. The third-order valence-electron chi connectivity index (χ3n) is 4.45. The molecule has 2 aromatic heterocycles. The molecule has 2 aliphatic heterocycles. The second-order valence-electron chi connectivity index (χ2n) is 5.61. The van der Waals surface area contributed by atoms with Crippen LogP contribution in [-0.4, -0.2) is 40.3 Å². The first-order valence-corrected chi connectivity index (χ1v) is 8.25. The molecule has 4 rings (SSSR count). The summed E-state index contributed by atoms with van der Waals surface area (Å²) in [5, 5.41) is 3.77. The average molecular weight is 313 g/mol. The molecule has 5 nitrogen and oxygen atoms in total. The molecule has 2 aliphatic rings. The van der Waals surface area contributed by atoms with Gasteiger partial charge in [0, 0.05) is 24.5 Å². The van der Waals surface area contributed by atoms with E-state index in [4.69, 9.17) is 0 Å². The first-order valence-electron chi connectivity index (χ1n) is 7.31. The van der Waals surface area contributed by atoms with Gasteiger partial charge in [0.2, 0.25) is 5.91 Å². The zero-order chi connectivity index (χ0) is 15.1. The maximum atomic E-state index is 12.6. The van der Waals surface area contributed by atoms with Crippen LogP contribution in [0.2, 0.25) is 0 Å². The fraction of sp³-hybridized carbons (Fsp3) is 0.312. The third kappa shape index (κ3) is 2.02. The summed E-state index contributed by atoms with van der Waals surface area (Å²) in [6, 6.07) is 5.62. The SMILES string of the molecule is O=C(c1ccsc1)N1CC[C@@H]2[C@@H]1CC(=O)N2c1cccnc1. The highest BCUT2D eigenvalue weighted by Gasteiger charge is 2.49. The summed E-state index contributed by atoms with van der Waals surface area (Å²) in [6.45, 7) is 0.702. The largest absolute Gasteiger partial charge is 0.333 e. The second-order valence-corrected chi connectivity index (χ2v) is 6.39. The van der Waals surface area contributed by atoms with Crippen molar-refractivity contribution in [3.63, 3.8) is 0 Å². The van der Waals surface area contributed by atoms with E-state index in [1.165, 1.54) is 11.3 Å². The Morgan fingerprint density at radius 2 is 2.23 bits per heavy atom. The summed E-state index contributed by atoms with van der Waals surface area (Å²) in [4.78, 5) is 32.8. The number of aromatic nitrogens is 1. The first kappa shape index (κ1) is 13.5. The molecule has 0 saturated carbocycles. The van der Waals surface area contributed by atoms with Crippen molar-refractivity contribution < 1.29 is 9.59 Å². The predicted molar refractivity (Wildman–Crippen MR) is 83.9 cm³/mol. The van der Waals surface area contributed by atoms with Crippen molar-refractivity contribution in [1.82, 2.24) is 9.88 Å². The Balaban J connectivity index is 1.61. The number of carbonyl (C=O) groups excluding carboxylic acids is 2. The molecule has 6 heteroatoms. The lowest BCUT2D eigenvalue weighted by molar-refractivity contribution is -0.117. The lowest BCUT2D eigenvalue weighted by Crippen LogP contribution is -2.39. The molecule has 0 N–H and O–H groups in total. The van der Waals surface area contributed by atoms with E-state index < -0.39 is 0 Å². The fourth-order valence-electron chi connectivity index (χ4n) is 3.48. The van der Waals surface area contributed by atoms with E-state index in [0.29, 0.717) is 13.0 Å². The van der Waals surface area contributed by atoms with Gasteiger partial charge in [-0.25, -0.2) is 0 Å². The predicted octanol–water partition coefficient (Wildman–Crippen LogP) is 2.16. The summed E-state index contributed by atoms with van der Waals surface area (Å²) >= 11 is 1.52. The normalized spacial score (nSPS) is 23.9. The summed E-state index contributed by atoms with van der Waals surface area (Å²) < 4.78 is 0.